The van der Waals surface area contributed by atoms with Crippen molar-refractivity contribution in [1.29, 1.82) is 0 Å². The summed E-state index contributed by atoms with van der Waals surface area (Å²) in [4.78, 5) is 0. The highest BCUT2D eigenvalue weighted by molar-refractivity contribution is 5.20. The maximum atomic E-state index is 6.40. The van der Waals surface area contributed by atoms with Gasteiger partial charge in [-0.3, -0.25) is 0 Å². The zero-order valence-corrected chi connectivity index (χ0v) is 13.3. The van der Waals surface area contributed by atoms with Crippen molar-refractivity contribution in [3.05, 3.63) is 71.8 Å². The molecule has 0 aliphatic carbocycles. The number of aryl methyl sites for hydroxylation is 1. The quantitative estimate of drug-likeness (QED) is 0.738. The zero-order chi connectivity index (χ0) is 15.6. The third kappa shape index (κ3) is 5.63. The molecule has 2 unspecified atom stereocenters. The minimum atomic E-state index is 0.239. The van der Waals surface area contributed by atoms with Gasteiger partial charge in [0.05, 0.1) is 0 Å². The molecule has 0 saturated heterocycles. The summed E-state index contributed by atoms with van der Waals surface area (Å²) in [6.45, 7) is 0.753. The third-order valence-corrected chi connectivity index (χ3v) is 4.26. The Morgan fingerprint density at radius 2 is 1.45 bits per heavy atom. The van der Waals surface area contributed by atoms with Crippen LogP contribution in [0.2, 0.25) is 0 Å². The lowest BCUT2D eigenvalue weighted by molar-refractivity contribution is 0.472. The SMILES string of the molecule is NCCCC(CC(N)CCc1ccccc1)c1ccccc1. The van der Waals surface area contributed by atoms with Crippen molar-refractivity contribution in [1.82, 2.24) is 0 Å². The first-order chi connectivity index (χ1) is 10.8. The smallest absolute Gasteiger partial charge is 0.00478 e. The second-order valence-corrected chi connectivity index (χ2v) is 6.06. The van der Waals surface area contributed by atoms with Crippen LogP contribution in [0.1, 0.15) is 42.7 Å². The maximum Gasteiger partial charge on any atom is 0.00478 e. The van der Waals surface area contributed by atoms with Gasteiger partial charge in [0.25, 0.3) is 0 Å². The van der Waals surface area contributed by atoms with Crippen LogP contribution in [0.4, 0.5) is 0 Å². The standard InChI is InChI=1S/C20H28N2/c21-15-7-12-19(18-10-5-2-6-11-18)16-20(22)14-13-17-8-3-1-4-9-17/h1-6,8-11,19-20H,7,12-16,21-22H2. The van der Waals surface area contributed by atoms with Gasteiger partial charge >= 0.3 is 0 Å². The van der Waals surface area contributed by atoms with Gasteiger partial charge in [-0.1, -0.05) is 60.7 Å². The van der Waals surface area contributed by atoms with Crippen molar-refractivity contribution < 1.29 is 0 Å². The third-order valence-electron chi connectivity index (χ3n) is 4.26. The van der Waals surface area contributed by atoms with Crippen molar-refractivity contribution >= 4 is 0 Å². The Hall–Kier alpha value is -1.64. The molecule has 2 aromatic rings. The van der Waals surface area contributed by atoms with E-state index in [4.69, 9.17) is 11.5 Å². The molecule has 2 atom stereocenters. The zero-order valence-electron chi connectivity index (χ0n) is 13.3. The minimum Gasteiger partial charge on any atom is -0.330 e. The summed E-state index contributed by atoms with van der Waals surface area (Å²) in [7, 11) is 0. The van der Waals surface area contributed by atoms with Crippen LogP contribution in [0, 0.1) is 0 Å². The molecule has 0 radical (unpaired) electrons. The number of hydrogen-bond donors (Lipinski definition) is 2. The second kappa shape index (κ2) is 9.39. The molecule has 0 fully saturated rings. The van der Waals surface area contributed by atoms with E-state index in [2.05, 4.69) is 60.7 Å². The van der Waals surface area contributed by atoms with E-state index < -0.39 is 0 Å². The Morgan fingerprint density at radius 3 is 2.09 bits per heavy atom. The molecule has 118 valence electrons. The molecular formula is C20H28N2. The monoisotopic (exact) mass is 296 g/mol. The second-order valence-electron chi connectivity index (χ2n) is 6.06. The van der Waals surface area contributed by atoms with E-state index in [9.17, 15) is 0 Å². The molecule has 0 heterocycles. The first-order valence-corrected chi connectivity index (χ1v) is 8.34. The highest BCUT2D eigenvalue weighted by atomic mass is 14.6. The van der Waals surface area contributed by atoms with Gasteiger partial charge in [-0.05, 0) is 55.7 Å². The van der Waals surface area contributed by atoms with Crippen LogP contribution in [0.3, 0.4) is 0 Å². The van der Waals surface area contributed by atoms with Crippen LogP contribution in [0.15, 0.2) is 60.7 Å². The lowest BCUT2D eigenvalue weighted by Gasteiger charge is -2.21. The molecule has 0 saturated carbocycles. The molecule has 2 rings (SSSR count). The van der Waals surface area contributed by atoms with E-state index in [0.29, 0.717) is 5.92 Å². The average Bonchev–Trinajstić information content (AvgIpc) is 2.58. The summed E-state index contributed by atoms with van der Waals surface area (Å²) in [5, 5.41) is 0. The van der Waals surface area contributed by atoms with Gasteiger partial charge < -0.3 is 11.5 Å². The summed E-state index contributed by atoms with van der Waals surface area (Å²) >= 11 is 0. The number of benzene rings is 2. The first-order valence-electron chi connectivity index (χ1n) is 8.34. The average molecular weight is 296 g/mol. The Labute approximate surface area is 134 Å². The fraction of sp³-hybridized carbons (Fsp3) is 0.400. The van der Waals surface area contributed by atoms with Gasteiger partial charge in [0.15, 0.2) is 0 Å². The first kappa shape index (κ1) is 16.7. The molecule has 0 bridgehead atoms. The fourth-order valence-electron chi connectivity index (χ4n) is 2.99. The number of hydrogen-bond acceptors (Lipinski definition) is 2. The molecular weight excluding hydrogens is 268 g/mol. The summed E-state index contributed by atoms with van der Waals surface area (Å²) in [5.74, 6) is 0.524. The van der Waals surface area contributed by atoms with E-state index in [1.165, 1.54) is 11.1 Å². The predicted molar refractivity (Wildman–Crippen MR) is 94.8 cm³/mol. The van der Waals surface area contributed by atoms with Gasteiger partial charge in [0.1, 0.15) is 0 Å². The van der Waals surface area contributed by atoms with E-state index in [1.807, 2.05) is 0 Å². The minimum absolute atomic E-state index is 0.239. The molecule has 0 aromatic heterocycles. The van der Waals surface area contributed by atoms with Crippen LogP contribution in [0.25, 0.3) is 0 Å². The number of rotatable bonds is 9. The van der Waals surface area contributed by atoms with E-state index in [1.54, 1.807) is 0 Å². The van der Waals surface area contributed by atoms with Crippen molar-refractivity contribution in [2.45, 2.75) is 44.1 Å². The van der Waals surface area contributed by atoms with Crippen LogP contribution in [0.5, 0.6) is 0 Å². The number of nitrogens with two attached hydrogens (primary N) is 2. The molecule has 22 heavy (non-hydrogen) atoms. The van der Waals surface area contributed by atoms with Crippen molar-refractivity contribution in [3.63, 3.8) is 0 Å². The van der Waals surface area contributed by atoms with Gasteiger partial charge in [-0.25, -0.2) is 0 Å². The highest BCUT2D eigenvalue weighted by Crippen LogP contribution is 2.26. The van der Waals surface area contributed by atoms with Gasteiger partial charge in [0.2, 0.25) is 0 Å². The molecule has 2 aromatic carbocycles. The van der Waals surface area contributed by atoms with Gasteiger partial charge in [0, 0.05) is 6.04 Å². The highest BCUT2D eigenvalue weighted by Gasteiger charge is 2.15. The van der Waals surface area contributed by atoms with Crippen molar-refractivity contribution in [2.24, 2.45) is 11.5 Å². The summed E-state index contributed by atoms with van der Waals surface area (Å²) in [5.41, 5.74) is 14.9. The van der Waals surface area contributed by atoms with Crippen molar-refractivity contribution in [3.8, 4) is 0 Å². The largest absolute Gasteiger partial charge is 0.330 e. The Morgan fingerprint density at radius 1 is 0.818 bits per heavy atom. The van der Waals surface area contributed by atoms with Crippen LogP contribution >= 0.6 is 0 Å². The van der Waals surface area contributed by atoms with Gasteiger partial charge in [-0.2, -0.15) is 0 Å². The Kier molecular flexibility index (Phi) is 7.14. The molecule has 2 nitrogen and oxygen atoms in total. The predicted octanol–water partition coefficient (Wildman–Crippen LogP) is 3.86. The Balaban J connectivity index is 1.89. The van der Waals surface area contributed by atoms with E-state index >= 15 is 0 Å². The molecule has 4 N–H and O–H groups in total. The topological polar surface area (TPSA) is 52.0 Å². The lowest BCUT2D eigenvalue weighted by atomic mass is 9.87. The van der Waals surface area contributed by atoms with E-state index in [-0.39, 0.29) is 6.04 Å². The van der Waals surface area contributed by atoms with Crippen LogP contribution in [-0.2, 0) is 6.42 Å². The molecule has 0 aliphatic heterocycles. The van der Waals surface area contributed by atoms with Crippen LogP contribution < -0.4 is 11.5 Å². The van der Waals surface area contributed by atoms with Crippen molar-refractivity contribution in [2.75, 3.05) is 6.54 Å². The fourth-order valence-corrected chi connectivity index (χ4v) is 2.99. The van der Waals surface area contributed by atoms with Gasteiger partial charge in [-0.15, -0.1) is 0 Å². The normalized spacial score (nSPS) is 13.7. The summed E-state index contributed by atoms with van der Waals surface area (Å²) < 4.78 is 0. The van der Waals surface area contributed by atoms with E-state index in [0.717, 1.165) is 38.6 Å². The summed E-state index contributed by atoms with van der Waals surface area (Å²) in [6.07, 6.45) is 5.32. The van der Waals surface area contributed by atoms with Crippen LogP contribution in [-0.4, -0.2) is 12.6 Å². The lowest BCUT2D eigenvalue weighted by Crippen LogP contribution is -2.24. The Bertz CT molecular complexity index is 510. The molecule has 0 spiro atoms. The molecule has 0 aliphatic rings. The summed E-state index contributed by atoms with van der Waals surface area (Å²) in [6, 6.07) is 21.6. The molecule has 0 amide bonds. The molecule has 2 heteroatoms. The maximum absolute atomic E-state index is 6.40.